The Hall–Kier alpha value is -3.88. The van der Waals surface area contributed by atoms with E-state index in [9.17, 15) is 4.79 Å². The molecule has 1 aliphatic heterocycles. The van der Waals surface area contributed by atoms with Gasteiger partial charge in [0.25, 0.3) is 0 Å². The number of hydrogen-bond acceptors (Lipinski definition) is 7. The van der Waals surface area contributed by atoms with Gasteiger partial charge in [-0.05, 0) is 42.0 Å². The molecule has 8 heteroatoms. The lowest BCUT2D eigenvalue weighted by Gasteiger charge is -2.40. The number of esters is 1. The van der Waals surface area contributed by atoms with E-state index in [2.05, 4.69) is 22.1 Å². The van der Waals surface area contributed by atoms with E-state index in [0.717, 1.165) is 29.7 Å². The van der Waals surface area contributed by atoms with Crippen molar-refractivity contribution in [3.63, 3.8) is 0 Å². The maximum Gasteiger partial charge on any atom is 0.338 e. The van der Waals surface area contributed by atoms with E-state index < -0.39 is 5.97 Å². The number of fused-ring (bicyclic) bond motifs is 1. The van der Waals surface area contributed by atoms with E-state index >= 15 is 0 Å². The maximum atomic E-state index is 12.1. The van der Waals surface area contributed by atoms with Gasteiger partial charge in [-0.3, -0.25) is 4.68 Å². The predicted octanol–water partition coefficient (Wildman–Crippen LogP) is 4.57. The number of methoxy groups -OCH3 is 1. The highest BCUT2D eigenvalue weighted by molar-refractivity contribution is 5.97. The number of aromatic nitrogens is 2. The van der Waals surface area contributed by atoms with Crippen molar-refractivity contribution in [3.05, 3.63) is 84.1 Å². The van der Waals surface area contributed by atoms with Crippen molar-refractivity contribution in [1.82, 2.24) is 9.78 Å². The zero-order valence-corrected chi connectivity index (χ0v) is 20.4. The second-order valence-corrected chi connectivity index (χ2v) is 8.70. The van der Waals surface area contributed by atoms with Crippen LogP contribution in [0.3, 0.4) is 0 Å². The smallest absolute Gasteiger partial charge is 0.338 e. The normalized spacial score (nSPS) is 13.6. The molecule has 5 rings (SSSR count). The van der Waals surface area contributed by atoms with Crippen LogP contribution in [0.2, 0.25) is 0 Å². The second-order valence-electron chi connectivity index (χ2n) is 8.70. The number of aryl methyl sites for hydroxylation is 1. The third kappa shape index (κ3) is 5.35. The van der Waals surface area contributed by atoms with Crippen LogP contribution < -0.4 is 9.64 Å². The number of hydrogen-bond donors (Lipinski definition) is 0. The fourth-order valence-corrected chi connectivity index (χ4v) is 4.24. The molecule has 186 valence electrons. The molecule has 1 aliphatic rings. The second kappa shape index (κ2) is 10.8. The minimum absolute atomic E-state index is 0.209. The van der Waals surface area contributed by atoms with Crippen LogP contribution in [0.1, 0.15) is 15.9 Å². The molecule has 0 amide bonds. The standard InChI is InChI=1S/C28H29N3O5/c1-30-27-22(16-29-30)14-21(28(32)33-2)15-26(27)36-24-10-8-23(9-11-24)31-17-25(18-31)35-13-12-34-19-20-6-4-3-5-7-20/h3-11,14-16,25H,12-13,17-19H2,1-2H3. The Morgan fingerprint density at radius 2 is 1.81 bits per heavy atom. The van der Waals surface area contributed by atoms with Gasteiger partial charge in [0, 0.05) is 31.2 Å². The van der Waals surface area contributed by atoms with Crippen LogP contribution in [0.15, 0.2) is 72.9 Å². The average molecular weight is 488 g/mol. The Bertz CT molecular complexity index is 1310. The summed E-state index contributed by atoms with van der Waals surface area (Å²) in [5.41, 5.74) is 3.50. The molecular weight excluding hydrogens is 458 g/mol. The van der Waals surface area contributed by atoms with E-state index in [1.165, 1.54) is 12.7 Å². The third-order valence-electron chi connectivity index (χ3n) is 6.19. The molecule has 0 radical (unpaired) electrons. The SMILES string of the molecule is COC(=O)c1cc(Oc2ccc(N3CC(OCCOCc4ccccc4)C3)cc2)c2c(cnn2C)c1. The molecule has 0 bridgehead atoms. The Labute approximate surface area is 209 Å². The Kier molecular flexibility index (Phi) is 7.16. The Morgan fingerprint density at radius 3 is 2.56 bits per heavy atom. The first kappa shape index (κ1) is 23.8. The van der Waals surface area contributed by atoms with Crippen LogP contribution in [0.25, 0.3) is 10.9 Å². The predicted molar refractivity (Wildman–Crippen MR) is 137 cm³/mol. The van der Waals surface area contributed by atoms with Gasteiger partial charge >= 0.3 is 5.97 Å². The summed E-state index contributed by atoms with van der Waals surface area (Å²) < 4.78 is 24.4. The molecular formula is C28H29N3O5. The van der Waals surface area contributed by atoms with Gasteiger partial charge in [0.05, 0.1) is 44.8 Å². The monoisotopic (exact) mass is 487 g/mol. The summed E-state index contributed by atoms with van der Waals surface area (Å²) in [6.45, 7) is 3.46. The molecule has 3 aromatic carbocycles. The van der Waals surface area contributed by atoms with E-state index in [1.807, 2.05) is 49.5 Å². The molecule has 0 atom stereocenters. The lowest BCUT2D eigenvalue weighted by molar-refractivity contribution is -0.0103. The minimum Gasteiger partial charge on any atom is -0.465 e. The maximum absolute atomic E-state index is 12.1. The molecule has 2 heterocycles. The molecule has 0 saturated carbocycles. The number of carbonyl (C=O) groups is 1. The molecule has 4 aromatic rings. The summed E-state index contributed by atoms with van der Waals surface area (Å²) in [4.78, 5) is 14.3. The van der Waals surface area contributed by atoms with Crippen LogP contribution in [0.4, 0.5) is 5.69 Å². The quantitative estimate of drug-likeness (QED) is 0.240. The van der Waals surface area contributed by atoms with Gasteiger partial charge in [0.15, 0.2) is 5.75 Å². The number of anilines is 1. The fraction of sp³-hybridized carbons (Fsp3) is 0.286. The van der Waals surface area contributed by atoms with Gasteiger partial charge in [-0.15, -0.1) is 0 Å². The summed E-state index contributed by atoms with van der Waals surface area (Å²) in [5.74, 6) is 0.804. The Morgan fingerprint density at radius 1 is 1.03 bits per heavy atom. The third-order valence-corrected chi connectivity index (χ3v) is 6.19. The number of nitrogens with zero attached hydrogens (tertiary/aromatic N) is 3. The molecule has 0 spiro atoms. The molecule has 0 unspecified atom stereocenters. The lowest BCUT2D eigenvalue weighted by Crippen LogP contribution is -2.52. The number of ether oxygens (including phenoxy) is 4. The van der Waals surface area contributed by atoms with E-state index in [4.69, 9.17) is 18.9 Å². The van der Waals surface area contributed by atoms with Gasteiger partial charge in [-0.25, -0.2) is 4.79 Å². The molecule has 0 N–H and O–H groups in total. The zero-order chi connectivity index (χ0) is 24.9. The van der Waals surface area contributed by atoms with Crippen LogP contribution >= 0.6 is 0 Å². The lowest BCUT2D eigenvalue weighted by atomic mass is 10.1. The van der Waals surface area contributed by atoms with Gasteiger partial charge in [-0.2, -0.15) is 5.10 Å². The summed E-state index contributed by atoms with van der Waals surface area (Å²) in [7, 11) is 3.20. The molecule has 0 aliphatic carbocycles. The molecule has 8 nitrogen and oxygen atoms in total. The van der Waals surface area contributed by atoms with Crippen molar-refractivity contribution >= 4 is 22.6 Å². The zero-order valence-electron chi connectivity index (χ0n) is 20.4. The fourth-order valence-electron chi connectivity index (χ4n) is 4.24. The van der Waals surface area contributed by atoms with Crippen LogP contribution in [-0.4, -0.2) is 55.3 Å². The van der Waals surface area contributed by atoms with Crippen LogP contribution in [0, 0.1) is 0 Å². The highest BCUT2D eigenvalue weighted by atomic mass is 16.5. The molecule has 1 fully saturated rings. The summed E-state index contributed by atoms with van der Waals surface area (Å²) in [6.07, 6.45) is 1.91. The van der Waals surface area contributed by atoms with Crippen molar-refractivity contribution in [2.45, 2.75) is 12.7 Å². The van der Waals surface area contributed by atoms with Gasteiger partial charge in [0.1, 0.15) is 11.3 Å². The van der Waals surface area contributed by atoms with Crippen LogP contribution in [0.5, 0.6) is 11.5 Å². The highest BCUT2D eigenvalue weighted by Crippen LogP contribution is 2.33. The van der Waals surface area contributed by atoms with E-state index in [-0.39, 0.29) is 6.10 Å². The first-order valence-corrected chi connectivity index (χ1v) is 11.9. The number of benzene rings is 3. The molecule has 1 aromatic heterocycles. The van der Waals surface area contributed by atoms with Gasteiger partial charge < -0.3 is 23.8 Å². The van der Waals surface area contributed by atoms with E-state index in [1.54, 1.807) is 23.0 Å². The van der Waals surface area contributed by atoms with E-state index in [0.29, 0.717) is 36.9 Å². The molecule has 36 heavy (non-hydrogen) atoms. The van der Waals surface area contributed by atoms with Crippen molar-refractivity contribution in [1.29, 1.82) is 0 Å². The van der Waals surface area contributed by atoms with Crippen molar-refractivity contribution in [3.8, 4) is 11.5 Å². The van der Waals surface area contributed by atoms with Crippen molar-refractivity contribution in [2.75, 3.05) is 38.3 Å². The minimum atomic E-state index is -0.418. The largest absolute Gasteiger partial charge is 0.465 e. The topological polar surface area (TPSA) is 75.1 Å². The highest BCUT2D eigenvalue weighted by Gasteiger charge is 2.27. The van der Waals surface area contributed by atoms with Crippen molar-refractivity contribution in [2.24, 2.45) is 7.05 Å². The summed E-state index contributed by atoms with van der Waals surface area (Å²) in [5, 5.41) is 5.10. The molecule has 1 saturated heterocycles. The number of rotatable bonds is 10. The first-order valence-electron chi connectivity index (χ1n) is 11.9. The summed E-state index contributed by atoms with van der Waals surface area (Å²) >= 11 is 0. The summed E-state index contributed by atoms with van der Waals surface area (Å²) in [6, 6.07) is 21.5. The van der Waals surface area contributed by atoms with Gasteiger partial charge in [0.2, 0.25) is 0 Å². The average Bonchev–Trinajstić information content (AvgIpc) is 3.26. The number of carbonyl (C=O) groups excluding carboxylic acids is 1. The van der Waals surface area contributed by atoms with Gasteiger partial charge in [-0.1, -0.05) is 30.3 Å². The first-order chi connectivity index (χ1) is 17.6. The van der Waals surface area contributed by atoms with Crippen molar-refractivity contribution < 1.29 is 23.7 Å². The van der Waals surface area contributed by atoms with Crippen LogP contribution in [-0.2, 0) is 27.9 Å². The Balaban J connectivity index is 1.12.